The van der Waals surface area contributed by atoms with Gasteiger partial charge in [0.2, 0.25) is 11.3 Å². The number of anilines is 1. The molecule has 5 rings (SSSR count). The maximum Gasteiger partial charge on any atom is 0.294 e. The summed E-state index contributed by atoms with van der Waals surface area (Å²) in [4.78, 5) is 26.3. The van der Waals surface area contributed by atoms with Crippen molar-refractivity contribution in [3.63, 3.8) is 0 Å². The first-order valence-electron chi connectivity index (χ1n) is 9.18. The van der Waals surface area contributed by atoms with Gasteiger partial charge in [-0.15, -0.1) is 0 Å². The van der Waals surface area contributed by atoms with Crippen molar-refractivity contribution in [3.05, 3.63) is 27.8 Å². The van der Waals surface area contributed by atoms with Crippen LogP contribution in [0.1, 0.15) is 31.4 Å². The average Bonchev–Trinajstić information content (AvgIpc) is 3.01. The molecule has 136 valence electrons. The Morgan fingerprint density at radius 1 is 1.23 bits per heavy atom. The molecule has 3 aromatic heterocycles. The molecule has 26 heavy (non-hydrogen) atoms. The molecule has 3 aromatic rings. The smallest absolute Gasteiger partial charge is 0.294 e. The van der Waals surface area contributed by atoms with E-state index >= 15 is 0 Å². The molecule has 0 radical (unpaired) electrons. The second-order valence-corrected chi connectivity index (χ2v) is 8.02. The molecule has 0 atom stereocenters. The summed E-state index contributed by atoms with van der Waals surface area (Å²) in [6.07, 6.45) is 4.47. The highest BCUT2D eigenvalue weighted by Gasteiger charge is 2.33. The van der Waals surface area contributed by atoms with Gasteiger partial charge in [0.05, 0.1) is 24.9 Å². The third-order valence-corrected chi connectivity index (χ3v) is 5.62. The zero-order valence-electron chi connectivity index (χ0n) is 15.1. The fourth-order valence-electron chi connectivity index (χ4n) is 4.23. The zero-order chi connectivity index (χ0) is 17.9. The van der Waals surface area contributed by atoms with E-state index in [1.54, 1.807) is 0 Å². The molecule has 0 saturated carbocycles. The van der Waals surface area contributed by atoms with Crippen molar-refractivity contribution in [1.29, 1.82) is 0 Å². The first kappa shape index (κ1) is 15.8. The Kier molecular flexibility index (Phi) is 3.37. The van der Waals surface area contributed by atoms with Gasteiger partial charge in [-0.3, -0.25) is 4.79 Å². The Labute approximate surface area is 150 Å². The normalized spacial score (nSPS) is 19.8. The molecule has 0 unspecified atom stereocenters. The lowest BCUT2D eigenvalue weighted by Gasteiger charge is -2.35. The van der Waals surface area contributed by atoms with Crippen LogP contribution in [0, 0.1) is 5.41 Å². The van der Waals surface area contributed by atoms with Gasteiger partial charge in [0.15, 0.2) is 0 Å². The van der Waals surface area contributed by atoms with Crippen molar-refractivity contribution in [2.24, 2.45) is 5.41 Å². The molecule has 0 aromatic carbocycles. The number of aromatic amines is 1. The fourth-order valence-corrected chi connectivity index (χ4v) is 4.23. The van der Waals surface area contributed by atoms with Crippen LogP contribution < -0.4 is 10.5 Å². The van der Waals surface area contributed by atoms with Crippen molar-refractivity contribution in [1.82, 2.24) is 15.0 Å². The minimum atomic E-state index is -0.259. The standard InChI is InChI=1S/C19H22N4O3/c1-19(2)4-3-11-12(9-19)13-14-15(17(24)21-10-20-14)26-18(13)22-16(11)23-5-7-25-8-6-23/h10H,3-9H2,1-2H3,(H,20,21,24). The van der Waals surface area contributed by atoms with Crippen LogP contribution in [0.5, 0.6) is 0 Å². The Morgan fingerprint density at radius 2 is 2.04 bits per heavy atom. The lowest BCUT2D eigenvalue weighted by atomic mass is 9.73. The number of pyridine rings is 1. The Morgan fingerprint density at radius 3 is 2.85 bits per heavy atom. The van der Waals surface area contributed by atoms with Gasteiger partial charge in [-0.2, -0.15) is 4.98 Å². The van der Waals surface area contributed by atoms with Gasteiger partial charge in [0.25, 0.3) is 5.56 Å². The van der Waals surface area contributed by atoms with E-state index < -0.39 is 0 Å². The monoisotopic (exact) mass is 354 g/mol. The van der Waals surface area contributed by atoms with Crippen LogP contribution in [0.2, 0.25) is 0 Å². The van der Waals surface area contributed by atoms with Crippen molar-refractivity contribution >= 4 is 28.0 Å². The highest BCUT2D eigenvalue weighted by molar-refractivity contribution is 6.04. The number of ether oxygens (including phenoxy) is 1. The summed E-state index contributed by atoms with van der Waals surface area (Å²) >= 11 is 0. The van der Waals surface area contributed by atoms with Crippen molar-refractivity contribution in [2.45, 2.75) is 33.1 Å². The van der Waals surface area contributed by atoms with E-state index in [2.05, 4.69) is 28.7 Å². The molecule has 1 fully saturated rings. The molecule has 1 N–H and O–H groups in total. The van der Waals surface area contributed by atoms with E-state index in [-0.39, 0.29) is 16.6 Å². The third kappa shape index (κ3) is 2.34. The largest absolute Gasteiger partial charge is 0.430 e. The lowest BCUT2D eigenvalue weighted by Crippen LogP contribution is -2.38. The number of hydrogen-bond acceptors (Lipinski definition) is 6. The summed E-state index contributed by atoms with van der Waals surface area (Å²) in [7, 11) is 0. The number of H-pyrrole nitrogens is 1. The van der Waals surface area contributed by atoms with E-state index in [4.69, 9.17) is 14.1 Å². The van der Waals surface area contributed by atoms with E-state index in [9.17, 15) is 4.79 Å². The Hall–Kier alpha value is -2.41. The topological polar surface area (TPSA) is 84.2 Å². The molecule has 1 saturated heterocycles. The number of nitrogens with zero attached hydrogens (tertiary/aromatic N) is 3. The predicted molar refractivity (Wildman–Crippen MR) is 98.8 cm³/mol. The molecule has 1 aliphatic carbocycles. The van der Waals surface area contributed by atoms with Gasteiger partial charge >= 0.3 is 0 Å². The van der Waals surface area contributed by atoms with Gasteiger partial charge in [0.1, 0.15) is 11.3 Å². The quantitative estimate of drug-likeness (QED) is 0.722. The maximum absolute atomic E-state index is 12.2. The van der Waals surface area contributed by atoms with E-state index in [1.807, 2.05) is 0 Å². The predicted octanol–water partition coefficient (Wildman–Crippen LogP) is 2.42. The summed E-state index contributed by atoms with van der Waals surface area (Å²) in [5.74, 6) is 0.988. The van der Waals surface area contributed by atoms with Crippen LogP contribution >= 0.6 is 0 Å². The second kappa shape index (κ2) is 5.54. The van der Waals surface area contributed by atoms with Crippen LogP contribution in [0.4, 0.5) is 5.82 Å². The SMILES string of the molecule is CC1(C)CCc2c(N3CCOCC3)nc3oc4c(=O)[nH]cnc4c3c2C1. The average molecular weight is 354 g/mol. The molecule has 2 aliphatic rings. The number of hydrogen-bond donors (Lipinski definition) is 1. The second-order valence-electron chi connectivity index (χ2n) is 8.02. The lowest BCUT2D eigenvalue weighted by molar-refractivity contribution is 0.122. The van der Waals surface area contributed by atoms with E-state index in [1.165, 1.54) is 17.5 Å². The van der Waals surface area contributed by atoms with Gasteiger partial charge in [-0.1, -0.05) is 13.8 Å². The summed E-state index contributed by atoms with van der Waals surface area (Å²) < 4.78 is 11.4. The molecule has 0 bridgehead atoms. The van der Waals surface area contributed by atoms with Gasteiger partial charge in [-0.05, 0) is 35.8 Å². The maximum atomic E-state index is 12.2. The minimum absolute atomic E-state index is 0.203. The minimum Gasteiger partial charge on any atom is -0.430 e. The first-order chi connectivity index (χ1) is 12.5. The molecular weight excluding hydrogens is 332 g/mol. The molecule has 0 amide bonds. The van der Waals surface area contributed by atoms with Gasteiger partial charge in [-0.25, -0.2) is 4.98 Å². The summed E-state index contributed by atoms with van der Waals surface area (Å²) in [6.45, 7) is 7.65. The number of morpholine rings is 1. The number of fused-ring (bicyclic) bond motifs is 5. The number of aromatic nitrogens is 3. The molecule has 1 aliphatic heterocycles. The van der Waals surface area contributed by atoms with Gasteiger partial charge < -0.3 is 19.0 Å². The van der Waals surface area contributed by atoms with Crippen LogP contribution in [0.15, 0.2) is 15.5 Å². The molecule has 0 spiro atoms. The highest BCUT2D eigenvalue weighted by Crippen LogP contribution is 2.43. The van der Waals surface area contributed by atoms with Crippen molar-refractivity contribution in [2.75, 3.05) is 31.2 Å². The molecule has 4 heterocycles. The molecule has 7 heteroatoms. The summed E-state index contributed by atoms with van der Waals surface area (Å²) in [6, 6.07) is 0. The van der Waals surface area contributed by atoms with Crippen LogP contribution in [-0.4, -0.2) is 41.3 Å². The van der Waals surface area contributed by atoms with Crippen molar-refractivity contribution < 1.29 is 9.15 Å². The summed E-state index contributed by atoms with van der Waals surface area (Å²) in [5.41, 5.74) is 3.87. The fraction of sp³-hybridized carbons (Fsp3) is 0.526. The number of rotatable bonds is 1. The van der Waals surface area contributed by atoms with Gasteiger partial charge in [0, 0.05) is 13.1 Å². The third-order valence-electron chi connectivity index (χ3n) is 5.62. The van der Waals surface area contributed by atoms with Crippen LogP contribution in [-0.2, 0) is 17.6 Å². The van der Waals surface area contributed by atoms with E-state index in [0.717, 1.165) is 43.6 Å². The molecular formula is C19H22N4O3. The van der Waals surface area contributed by atoms with Crippen LogP contribution in [0.3, 0.4) is 0 Å². The summed E-state index contributed by atoms with van der Waals surface area (Å²) in [5, 5.41) is 0.908. The Balaban J connectivity index is 1.83. The number of furan rings is 1. The number of nitrogens with one attached hydrogen (secondary N) is 1. The highest BCUT2D eigenvalue weighted by atomic mass is 16.5. The zero-order valence-corrected chi connectivity index (χ0v) is 15.1. The van der Waals surface area contributed by atoms with Crippen LogP contribution in [0.25, 0.3) is 22.2 Å². The Bertz CT molecular complexity index is 1060. The van der Waals surface area contributed by atoms with Crippen molar-refractivity contribution in [3.8, 4) is 0 Å². The first-order valence-corrected chi connectivity index (χ1v) is 9.18. The van der Waals surface area contributed by atoms with E-state index in [0.29, 0.717) is 24.4 Å². The molecule has 7 nitrogen and oxygen atoms in total.